The maximum Gasteiger partial charge on any atom is 0.336 e. The van der Waals surface area contributed by atoms with Crippen LogP contribution in [0.25, 0.3) is 10.9 Å². The van der Waals surface area contributed by atoms with E-state index < -0.39 is 11.8 Å². The molecule has 104 valence electrons. The number of aryl methyl sites for hydroxylation is 1. The second kappa shape index (κ2) is 5.02. The number of hydrogen-bond donors (Lipinski definition) is 1. The molecule has 0 fully saturated rings. The minimum Gasteiger partial charge on any atom is -0.478 e. The molecule has 1 heterocycles. The summed E-state index contributed by atoms with van der Waals surface area (Å²) in [4.78, 5) is 16.0. The Hall–Kier alpha value is -1.68. The molecule has 1 aromatic carbocycles. The van der Waals surface area contributed by atoms with Crippen molar-refractivity contribution in [2.45, 2.75) is 32.1 Å². The number of halogens is 2. The van der Waals surface area contributed by atoms with Gasteiger partial charge in [-0.05, 0) is 43.4 Å². The van der Waals surface area contributed by atoms with Crippen LogP contribution in [0.4, 0.5) is 4.39 Å². The minimum absolute atomic E-state index is 0.0653. The number of benzene rings is 1. The molecule has 0 bridgehead atoms. The quantitative estimate of drug-likeness (QED) is 0.809. The molecule has 0 saturated heterocycles. The van der Waals surface area contributed by atoms with Crippen LogP contribution in [0.2, 0.25) is 5.02 Å². The van der Waals surface area contributed by atoms with Crippen LogP contribution in [0.3, 0.4) is 0 Å². The van der Waals surface area contributed by atoms with Gasteiger partial charge in [0.25, 0.3) is 0 Å². The van der Waals surface area contributed by atoms with Crippen LogP contribution in [0.5, 0.6) is 0 Å². The van der Waals surface area contributed by atoms with Crippen LogP contribution in [0.15, 0.2) is 12.1 Å². The van der Waals surface area contributed by atoms with Gasteiger partial charge in [-0.15, -0.1) is 0 Å². The van der Waals surface area contributed by atoms with Crippen molar-refractivity contribution in [2.75, 3.05) is 0 Å². The predicted octanol–water partition coefficient (Wildman–Crippen LogP) is 3.99. The van der Waals surface area contributed by atoms with Crippen molar-refractivity contribution < 1.29 is 14.3 Å². The summed E-state index contributed by atoms with van der Waals surface area (Å²) in [5.74, 6) is -1.60. The molecule has 2 aromatic rings. The number of rotatable bonds is 1. The zero-order valence-electron chi connectivity index (χ0n) is 10.7. The van der Waals surface area contributed by atoms with Gasteiger partial charge in [-0.3, -0.25) is 0 Å². The van der Waals surface area contributed by atoms with E-state index in [-0.39, 0.29) is 21.5 Å². The Labute approximate surface area is 120 Å². The smallest absolute Gasteiger partial charge is 0.336 e. The molecule has 1 aromatic heterocycles. The summed E-state index contributed by atoms with van der Waals surface area (Å²) in [6.07, 6.45) is 4.26. The molecule has 0 atom stereocenters. The zero-order chi connectivity index (χ0) is 14.3. The molecule has 20 heavy (non-hydrogen) atoms. The minimum atomic E-state index is -1.07. The molecule has 1 N–H and O–H groups in total. The van der Waals surface area contributed by atoms with E-state index in [2.05, 4.69) is 4.98 Å². The normalized spacial score (nSPS) is 14.9. The summed E-state index contributed by atoms with van der Waals surface area (Å²) in [5.41, 5.74) is 1.61. The Kier molecular flexibility index (Phi) is 3.34. The van der Waals surface area contributed by atoms with Gasteiger partial charge < -0.3 is 5.11 Å². The molecule has 0 aliphatic heterocycles. The van der Waals surface area contributed by atoms with Gasteiger partial charge in [0.1, 0.15) is 11.3 Å². The molecule has 3 rings (SSSR count). The first-order valence-corrected chi connectivity index (χ1v) is 7.00. The molecular formula is C15H13ClFNO2. The summed E-state index contributed by atoms with van der Waals surface area (Å²) < 4.78 is 14.0. The number of hydrogen-bond acceptors (Lipinski definition) is 2. The van der Waals surface area contributed by atoms with Crippen LogP contribution >= 0.6 is 11.6 Å². The van der Waals surface area contributed by atoms with Crippen molar-refractivity contribution in [3.8, 4) is 0 Å². The highest BCUT2D eigenvalue weighted by molar-refractivity contribution is 6.36. The monoisotopic (exact) mass is 293 g/mol. The number of carboxylic acid groups (broad SMARTS) is 1. The highest BCUT2D eigenvalue weighted by Gasteiger charge is 2.24. The number of carbonyl (C=O) groups is 1. The highest BCUT2D eigenvalue weighted by Crippen LogP contribution is 2.33. The first-order valence-electron chi connectivity index (χ1n) is 6.62. The van der Waals surface area contributed by atoms with E-state index >= 15 is 0 Å². The average molecular weight is 294 g/mol. The number of aromatic carboxylic acids is 1. The Bertz CT molecular complexity index is 715. The first kappa shape index (κ1) is 13.3. The molecule has 3 nitrogen and oxygen atoms in total. The lowest BCUT2D eigenvalue weighted by molar-refractivity contribution is 0.0697. The van der Waals surface area contributed by atoms with Crippen LogP contribution in [-0.4, -0.2) is 16.1 Å². The second-order valence-corrected chi connectivity index (χ2v) is 5.44. The summed E-state index contributed by atoms with van der Waals surface area (Å²) in [6.45, 7) is 0. The third-order valence-corrected chi connectivity index (χ3v) is 4.09. The Morgan fingerprint density at radius 1 is 1.25 bits per heavy atom. The molecule has 0 saturated carbocycles. The van der Waals surface area contributed by atoms with Gasteiger partial charge in [-0.1, -0.05) is 18.0 Å². The topological polar surface area (TPSA) is 50.2 Å². The van der Waals surface area contributed by atoms with E-state index in [9.17, 15) is 14.3 Å². The van der Waals surface area contributed by atoms with Gasteiger partial charge >= 0.3 is 5.97 Å². The summed E-state index contributed by atoms with van der Waals surface area (Å²) in [5, 5.41) is 9.99. The largest absolute Gasteiger partial charge is 0.478 e. The number of nitrogens with zero attached hydrogens (tertiary/aromatic N) is 1. The molecular weight excluding hydrogens is 281 g/mol. The highest BCUT2D eigenvalue weighted by atomic mass is 35.5. The maximum atomic E-state index is 14.0. The second-order valence-electron chi connectivity index (χ2n) is 5.03. The van der Waals surface area contributed by atoms with Crippen LogP contribution in [-0.2, 0) is 12.8 Å². The van der Waals surface area contributed by atoms with E-state index in [0.29, 0.717) is 18.5 Å². The lowest BCUT2D eigenvalue weighted by atomic mass is 9.97. The average Bonchev–Trinajstić information content (AvgIpc) is 2.65. The van der Waals surface area contributed by atoms with Gasteiger partial charge in [0.2, 0.25) is 0 Å². The van der Waals surface area contributed by atoms with Gasteiger partial charge in [0, 0.05) is 11.1 Å². The van der Waals surface area contributed by atoms with Crippen molar-refractivity contribution >= 4 is 28.5 Å². The van der Waals surface area contributed by atoms with Crippen LogP contribution in [0.1, 0.15) is 40.9 Å². The van der Waals surface area contributed by atoms with Gasteiger partial charge in [0.15, 0.2) is 0 Å². The van der Waals surface area contributed by atoms with E-state index in [1.807, 2.05) is 0 Å². The van der Waals surface area contributed by atoms with Gasteiger partial charge in [0.05, 0.1) is 10.6 Å². The van der Waals surface area contributed by atoms with Crippen molar-refractivity contribution in [1.82, 2.24) is 4.98 Å². The Balaban J connectivity index is 2.46. The van der Waals surface area contributed by atoms with Crippen molar-refractivity contribution in [1.29, 1.82) is 0 Å². The molecule has 0 unspecified atom stereocenters. The summed E-state index contributed by atoms with van der Waals surface area (Å²) in [7, 11) is 0. The maximum absolute atomic E-state index is 14.0. The fourth-order valence-corrected chi connectivity index (χ4v) is 3.12. The lowest BCUT2D eigenvalue weighted by Gasteiger charge is -2.13. The third-order valence-electron chi connectivity index (χ3n) is 3.78. The van der Waals surface area contributed by atoms with Crippen molar-refractivity contribution in [3.63, 3.8) is 0 Å². The fraction of sp³-hybridized carbons (Fsp3) is 0.333. The molecule has 5 heteroatoms. The Morgan fingerprint density at radius 2 is 2.00 bits per heavy atom. The van der Waals surface area contributed by atoms with Crippen molar-refractivity contribution in [2.24, 2.45) is 0 Å². The van der Waals surface area contributed by atoms with Crippen LogP contribution in [0, 0.1) is 5.82 Å². The van der Waals surface area contributed by atoms with Gasteiger partial charge in [-0.25, -0.2) is 14.2 Å². The molecule has 1 aliphatic rings. The standard InChI is InChI=1S/C15H13ClFNO2/c16-9-6-7-10(17)14-13(9)12(15(19)20)8-4-2-1-3-5-11(8)18-14/h6-7H,1-5H2,(H,19,20). The van der Waals surface area contributed by atoms with Gasteiger partial charge in [-0.2, -0.15) is 0 Å². The summed E-state index contributed by atoms with van der Waals surface area (Å²) >= 11 is 6.09. The zero-order valence-corrected chi connectivity index (χ0v) is 11.5. The SMILES string of the molecule is O=C(O)c1c2c(nc3c(F)ccc(Cl)c13)CCCCC2. The Morgan fingerprint density at radius 3 is 2.75 bits per heavy atom. The van der Waals surface area contributed by atoms with E-state index in [4.69, 9.17) is 11.6 Å². The third kappa shape index (κ3) is 2.04. The molecule has 0 amide bonds. The fourth-order valence-electron chi connectivity index (χ4n) is 2.87. The molecule has 0 spiro atoms. The van der Waals surface area contributed by atoms with E-state index in [1.54, 1.807) is 0 Å². The molecule has 1 aliphatic carbocycles. The number of fused-ring (bicyclic) bond motifs is 2. The number of aromatic nitrogens is 1. The number of pyridine rings is 1. The lowest BCUT2D eigenvalue weighted by Crippen LogP contribution is -2.09. The van der Waals surface area contributed by atoms with E-state index in [0.717, 1.165) is 24.8 Å². The summed E-state index contributed by atoms with van der Waals surface area (Å²) in [6, 6.07) is 2.61. The van der Waals surface area contributed by atoms with E-state index in [1.165, 1.54) is 12.1 Å². The van der Waals surface area contributed by atoms with Crippen LogP contribution < -0.4 is 0 Å². The predicted molar refractivity (Wildman–Crippen MR) is 74.9 cm³/mol. The van der Waals surface area contributed by atoms with Crippen molar-refractivity contribution in [3.05, 3.63) is 39.8 Å². The first-order chi connectivity index (χ1) is 9.59. The molecule has 0 radical (unpaired) electrons. The number of carboxylic acids is 1.